The minimum atomic E-state index is -1.12. The van der Waals surface area contributed by atoms with Crippen molar-refractivity contribution in [2.24, 2.45) is 0 Å². The summed E-state index contributed by atoms with van der Waals surface area (Å²) < 4.78 is 5.35. The van der Waals surface area contributed by atoms with Crippen LogP contribution in [-0.4, -0.2) is 34.2 Å². The number of aromatic carboxylic acids is 1. The second-order valence-electron chi connectivity index (χ2n) is 6.61. The molecule has 1 aliphatic rings. The van der Waals surface area contributed by atoms with Crippen molar-refractivity contribution in [3.8, 4) is 0 Å². The average Bonchev–Trinajstić information content (AvgIpc) is 3.17. The Kier molecular flexibility index (Phi) is 4.53. The number of furan rings is 1. The molecule has 0 saturated heterocycles. The summed E-state index contributed by atoms with van der Waals surface area (Å²) in [7, 11) is 0. The van der Waals surface area contributed by atoms with Crippen molar-refractivity contribution in [2.75, 3.05) is 6.54 Å². The highest BCUT2D eigenvalue weighted by Crippen LogP contribution is 2.24. The summed E-state index contributed by atoms with van der Waals surface area (Å²) in [5.74, 6) is -1.00. The minimum absolute atomic E-state index is 0.0981. The lowest BCUT2D eigenvalue weighted by Crippen LogP contribution is -2.35. The number of hydrogen-bond donors (Lipinski definition) is 1. The van der Waals surface area contributed by atoms with Crippen LogP contribution in [0.4, 0.5) is 0 Å². The molecule has 0 atom stereocenters. The van der Waals surface area contributed by atoms with Crippen molar-refractivity contribution < 1.29 is 23.9 Å². The zero-order chi connectivity index (χ0) is 19.7. The number of hydrogen-bond acceptors (Lipinski definition) is 4. The minimum Gasteiger partial charge on any atom is -0.475 e. The Labute approximate surface area is 161 Å². The van der Waals surface area contributed by atoms with Gasteiger partial charge in [0.25, 0.3) is 5.91 Å². The molecular weight excluding hydrogens is 358 g/mol. The summed E-state index contributed by atoms with van der Waals surface area (Å²) in [5, 5.41) is 9.04. The Morgan fingerprint density at radius 3 is 2.21 bits per heavy atom. The Morgan fingerprint density at radius 1 is 0.893 bits per heavy atom. The van der Waals surface area contributed by atoms with E-state index in [-0.39, 0.29) is 24.0 Å². The molecule has 0 saturated carbocycles. The third-order valence-corrected chi connectivity index (χ3v) is 4.81. The first-order chi connectivity index (χ1) is 13.5. The highest BCUT2D eigenvalue weighted by Gasteiger charge is 2.26. The number of fused-ring (bicyclic) bond motifs is 1. The van der Waals surface area contributed by atoms with E-state index in [1.807, 2.05) is 6.07 Å². The maximum Gasteiger partial charge on any atom is 0.371 e. The van der Waals surface area contributed by atoms with Gasteiger partial charge < -0.3 is 14.4 Å². The normalized spacial score (nSPS) is 13.1. The molecule has 4 rings (SSSR count). The fourth-order valence-electron chi connectivity index (χ4n) is 3.30. The molecule has 140 valence electrons. The highest BCUT2D eigenvalue weighted by molar-refractivity contribution is 6.09. The van der Waals surface area contributed by atoms with Gasteiger partial charge >= 0.3 is 5.97 Å². The smallest absolute Gasteiger partial charge is 0.371 e. The Balaban J connectivity index is 1.49. The van der Waals surface area contributed by atoms with E-state index in [9.17, 15) is 14.4 Å². The molecule has 2 heterocycles. The molecule has 0 radical (unpaired) electrons. The molecule has 6 heteroatoms. The quantitative estimate of drug-likeness (QED) is 0.706. The lowest BCUT2D eigenvalue weighted by Gasteiger charge is -2.26. The summed E-state index contributed by atoms with van der Waals surface area (Å²) in [6.07, 6.45) is 0.544. The molecular formula is C22H17NO5. The van der Waals surface area contributed by atoms with Crippen molar-refractivity contribution in [3.05, 3.63) is 94.4 Å². The maximum atomic E-state index is 12.8. The van der Waals surface area contributed by atoms with Gasteiger partial charge in [-0.2, -0.15) is 0 Å². The molecule has 0 spiro atoms. The van der Waals surface area contributed by atoms with Gasteiger partial charge in [-0.3, -0.25) is 9.59 Å². The van der Waals surface area contributed by atoms with Crippen LogP contribution >= 0.6 is 0 Å². The molecule has 1 N–H and O–H groups in total. The molecule has 3 aromatic rings. The zero-order valence-electron chi connectivity index (χ0n) is 14.9. The van der Waals surface area contributed by atoms with Crippen LogP contribution < -0.4 is 0 Å². The van der Waals surface area contributed by atoms with Gasteiger partial charge in [-0.05, 0) is 30.2 Å². The number of amides is 1. The predicted octanol–water partition coefficient (Wildman–Crippen LogP) is 3.41. The average molecular weight is 375 g/mol. The maximum absolute atomic E-state index is 12.8. The number of carboxylic acids is 1. The van der Waals surface area contributed by atoms with Crippen LogP contribution in [0.1, 0.15) is 48.2 Å². The largest absolute Gasteiger partial charge is 0.475 e. The van der Waals surface area contributed by atoms with E-state index < -0.39 is 5.97 Å². The first-order valence-corrected chi connectivity index (χ1v) is 8.87. The molecule has 0 fully saturated rings. The second kappa shape index (κ2) is 7.15. The molecule has 0 bridgehead atoms. The number of carbonyl (C=O) groups excluding carboxylic acids is 2. The third-order valence-electron chi connectivity index (χ3n) is 4.81. The van der Waals surface area contributed by atoms with Gasteiger partial charge in [0.15, 0.2) is 5.78 Å². The number of nitrogens with zero attached hydrogens (tertiary/aromatic N) is 1. The number of carboxylic acid groups (broad SMARTS) is 1. The van der Waals surface area contributed by atoms with Crippen molar-refractivity contribution in [3.63, 3.8) is 0 Å². The number of carbonyl (C=O) groups is 3. The predicted molar refractivity (Wildman–Crippen MR) is 100 cm³/mol. The van der Waals surface area contributed by atoms with Crippen molar-refractivity contribution in [1.82, 2.24) is 4.90 Å². The monoisotopic (exact) mass is 375 g/mol. The highest BCUT2D eigenvalue weighted by atomic mass is 16.4. The summed E-state index contributed by atoms with van der Waals surface area (Å²) in [4.78, 5) is 37.9. The van der Waals surface area contributed by atoms with E-state index in [4.69, 9.17) is 9.52 Å². The van der Waals surface area contributed by atoms with E-state index in [2.05, 4.69) is 0 Å². The van der Waals surface area contributed by atoms with Gasteiger partial charge in [0.05, 0.1) is 6.54 Å². The lowest BCUT2D eigenvalue weighted by molar-refractivity contribution is 0.0655. The number of benzene rings is 2. The Hall–Kier alpha value is -3.67. The molecule has 2 aromatic carbocycles. The van der Waals surface area contributed by atoms with E-state index in [0.717, 1.165) is 5.56 Å². The zero-order valence-corrected chi connectivity index (χ0v) is 14.9. The van der Waals surface area contributed by atoms with Gasteiger partial charge in [0.2, 0.25) is 5.76 Å². The van der Waals surface area contributed by atoms with E-state index in [1.165, 1.54) is 6.07 Å². The first-order valence-electron chi connectivity index (χ1n) is 8.87. The summed E-state index contributed by atoms with van der Waals surface area (Å²) >= 11 is 0. The van der Waals surface area contributed by atoms with Crippen LogP contribution in [0.3, 0.4) is 0 Å². The summed E-state index contributed by atoms with van der Waals surface area (Å²) in [5.41, 5.74) is 2.40. The first kappa shape index (κ1) is 17.7. The van der Waals surface area contributed by atoms with Crippen LogP contribution in [0.25, 0.3) is 0 Å². The molecule has 0 unspecified atom stereocenters. The molecule has 6 nitrogen and oxygen atoms in total. The van der Waals surface area contributed by atoms with Crippen molar-refractivity contribution in [2.45, 2.75) is 13.0 Å². The van der Waals surface area contributed by atoms with E-state index in [1.54, 1.807) is 53.4 Å². The van der Waals surface area contributed by atoms with Gasteiger partial charge in [-0.15, -0.1) is 0 Å². The molecule has 1 aliphatic heterocycles. The molecule has 1 amide bonds. The van der Waals surface area contributed by atoms with Crippen molar-refractivity contribution >= 4 is 17.7 Å². The second-order valence-corrected chi connectivity index (χ2v) is 6.61. The van der Waals surface area contributed by atoms with E-state index in [0.29, 0.717) is 35.4 Å². The standard InChI is InChI=1S/C22H17NO5/c24-20(14-4-2-1-3-5-14)15-6-8-16(9-7-15)21(25)23-11-10-17-12-18(22(26)27)28-19(17)13-23/h1-9,12H,10-11,13H2,(H,26,27). The molecule has 0 aliphatic carbocycles. The van der Waals surface area contributed by atoms with Gasteiger partial charge in [-0.1, -0.05) is 42.5 Å². The Bertz CT molecular complexity index is 1050. The molecule has 1 aromatic heterocycles. The van der Waals surface area contributed by atoms with E-state index >= 15 is 0 Å². The van der Waals surface area contributed by atoms with Crippen LogP contribution in [0, 0.1) is 0 Å². The van der Waals surface area contributed by atoms with Gasteiger partial charge in [0, 0.05) is 23.2 Å². The van der Waals surface area contributed by atoms with Crippen LogP contribution in [-0.2, 0) is 13.0 Å². The fourth-order valence-corrected chi connectivity index (χ4v) is 3.30. The van der Waals surface area contributed by atoms with Crippen molar-refractivity contribution in [1.29, 1.82) is 0 Å². The summed E-state index contributed by atoms with van der Waals surface area (Å²) in [6, 6.07) is 17.0. The van der Waals surface area contributed by atoms with Crippen LogP contribution in [0.5, 0.6) is 0 Å². The number of rotatable bonds is 4. The number of ketones is 1. The van der Waals surface area contributed by atoms with Gasteiger partial charge in [0.1, 0.15) is 5.76 Å². The molecule has 28 heavy (non-hydrogen) atoms. The van der Waals surface area contributed by atoms with Crippen LogP contribution in [0.2, 0.25) is 0 Å². The topological polar surface area (TPSA) is 87.8 Å². The summed E-state index contributed by atoms with van der Waals surface area (Å²) in [6.45, 7) is 0.710. The van der Waals surface area contributed by atoms with Crippen LogP contribution in [0.15, 0.2) is 65.1 Å². The fraction of sp³-hybridized carbons (Fsp3) is 0.136. The lowest BCUT2D eigenvalue weighted by atomic mass is 10.0. The van der Waals surface area contributed by atoms with Gasteiger partial charge in [-0.25, -0.2) is 4.79 Å². The SMILES string of the molecule is O=C(c1ccccc1)c1ccc(C(=O)N2CCc3cc(C(=O)O)oc3C2)cc1. The Morgan fingerprint density at radius 2 is 1.54 bits per heavy atom. The third kappa shape index (κ3) is 3.32.